The Kier molecular flexibility index (Phi) is 7.38. The Balaban J connectivity index is 1.47. The van der Waals surface area contributed by atoms with Gasteiger partial charge in [0, 0.05) is 42.9 Å². The molecular weight excluding hydrogens is 465 g/mol. The summed E-state index contributed by atoms with van der Waals surface area (Å²) in [6, 6.07) is 8.87. The predicted molar refractivity (Wildman–Crippen MR) is 128 cm³/mol. The average Bonchev–Trinajstić information content (AvgIpc) is 2.82. The van der Waals surface area contributed by atoms with Gasteiger partial charge in [-0.05, 0) is 55.7 Å². The number of hydrogen-bond donors (Lipinski definition) is 1. The summed E-state index contributed by atoms with van der Waals surface area (Å²) < 4.78 is 42.3. The third-order valence-corrected chi connectivity index (χ3v) is 8.92. The maximum Gasteiger partial charge on any atom is 0.258 e. The summed E-state index contributed by atoms with van der Waals surface area (Å²) in [5.74, 6) is -1.52. The van der Waals surface area contributed by atoms with E-state index < -0.39 is 21.7 Å². The topological polar surface area (TPSA) is 69.7 Å². The van der Waals surface area contributed by atoms with Crippen molar-refractivity contribution in [2.45, 2.75) is 50.0 Å². The molecule has 178 valence electrons. The number of hydrogen-bond acceptors (Lipinski definition) is 4. The van der Waals surface area contributed by atoms with Crippen LogP contribution < -0.4 is 5.32 Å². The van der Waals surface area contributed by atoms with Crippen molar-refractivity contribution in [2.24, 2.45) is 0 Å². The largest absolute Gasteiger partial charge is 0.322 e. The number of amides is 1. The molecule has 2 aliphatic rings. The maximum atomic E-state index is 14.5. The summed E-state index contributed by atoms with van der Waals surface area (Å²) >= 11 is 6.09. The summed E-state index contributed by atoms with van der Waals surface area (Å²) in [4.78, 5) is 15.0. The van der Waals surface area contributed by atoms with Crippen LogP contribution in [-0.2, 0) is 10.0 Å². The second kappa shape index (κ2) is 10.1. The fourth-order valence-electron chi connectivity index (χ4n) is 4.61. The zero-order chi connectivity index (χ0) is 23.6. The molecule has 2 aromatic rings. The smallest absolute Gasteiger partial charge is 0.258 e. The first kappa shape index (κ1) is 24.1. The Morgan fingerprint density at radius 1 is 1.03 bits per heavy atom. The number of aryl methyl sites for hydroxylation is 1. The monoisotopic (exact) mass is 493 g/mol. The van der Waals surface area contributed by atoms with E-state index >= 15 is 0 Å². The van der Waals surface area contributed by atoms with Crippen LogP contribution in [0.5, 0.6) is 0 Å². The van der Waals surface area contributed by atoms with Crippen molar-refractivity contribution in [3.8, 4) is 0 Å². The molecule has 0 bridgehead atoms. The summed E-state index contributed by atoms with van der Waals surface area (Å²) in [6.45, 7) is 3.98. The van der Waals surface area contributed by atoms with Crippen LogP contribution in [0.15, 0.2) is 41.3 Å². The average molecular weight is 494 g/mol. The molecular formula is C24H29ClFN3O3S. The summed E-state index contributed by atoms with van der Waals surface area (Å²) in [7, 11) is -3.84. The van der Waals surface area contributed by atoms with E-state index in [-0.39, 0.29) is 10.5 Å². The van der Waals surface area contributed by atoms with Crippen LogP contribution in [0.4, 0.5) is 10.1 Å². The number of benzene rings is 2. The van der Waals surface area contributed by atoms with Gasteiger partial charge in [-0.2, -0.15) is 4.31 Å². The normalized spacial score (nSPS) is 18.9. The van der Waals surface area contributed by atoms with Crippen molar-refractivity contribution in [1.82, 2.24) is 9.21 Å². The lowest BCUT2D eigenvalue weighted by Gasteiger charge is -2.40. The number of sulfonamides is 1. The number of carbonyl (C=O) groups is 1. The van der Waals surface area contributed by atoms with Crippen molar-refractivity contribution < 1.29 is 17.6 Å². The fraction of sp³-hybridized carbons (Fsp3) is 0.458. The van der Waals surface area contributed by atoms with Gasteiger partial charge in [0.2, 0.25) is 10.0 Å². The molecule has 0 radical (unpaired) electrons. The van der Waals surface area contributed by atoms with Gasteiger partial charge in [-0.3, -0.25) is 9.69 Å². The summed E-state index contributed by atoms with van der Waals surface area (Å²) in [5, 5.41) is 3.06. The standard InChI is InChI=1S/C24H29ClFN3O3S/c1-17-7-8-18(15-22(17)25)27-24(30)21-16-20(9-10-23(21)26)33(31,32)29-13-11-28(12-14-29)19-5-3-2-4-6-19/h7-10,15-16,19H,2-6,11-14H2,1H3,(H,27,30). The molecule has 4 rings (SSSR count). The minimum atomic E-state index is -3.84. The molecule has 2 aromatic carbocycles. The van der Waals surface area contributed by atoms with E-state index in [0.717, 1.165) is 17.7 Å². The summed E-state index contributed by atoms with van der Waals surface area (Å²) in [5.41, 5.74) is 0.924. The van der Waals surface area contributed by atoms with Gasteiger partial charge in [0.25, 0.3) is 5.91 Å². The van der Waals surface area contributed by atoms with Crippen LogP contribution in [0.1, 0.15) is 48.0 Å². The number of piperazine rings is 1. The number of nitrogens with zero attached hydrogens (tertiary/aromatic N) is 2. The molecule has 0 spiro atoms. The van der Waals surface area contributed by atoms with Gasteiger partial charge in [-0.15, -0.1) is 0 Å². The number of halogens is 2. The van der Waals surface area contributed by atoms with Crippen LogP contribution >= 0.6 is 11.6 Å². The van der Waals surface area contributed by atoms with Crippen molar-refractivity contribution in [3.05, 3.63) is 58.4 Å². The third-order valence-electron chi connectivity index (χ3n) is 6.61. The molecule has 33 heavy (non-hydrogen) atoms. The zero-order valence-electron chi connectivity index (χ0n) is 18.7. The van der Waals surface area contributed by atoms with Gasteiger partial charge in [0.15, 0.2) is 0 Å². The molecule has 0 aromatic heterocycles. The molecule has 1 saturated carbocycles. The molecule has 6 nitrogen and oxygen atoms in total. The van der Waals surface area contributed by atoms with Gasteiger partial charge in [-0.25, -0.2) is 12.8 Å². The van der Waals surface area contributed by atoms with E-state index in [9.17, 15) is 17.6 Å². The molecule has 1 aliphatic carbocycles. The Morgan fingerprint density at radius 3 is 2.39 bits per heavy atom. The molecule has 0 unspecified atom stereocenters. The third kappa shape index (κ3) is 5.40. The number of nitrogens with one attached hydrogen (secondary N) is 1. The number of carbonyl (C=O) groups excluding carboxylic acids is 1. The fourth-order valence-corrected chi connectivity index (χ4v) is 6.24. The first-order valence-corrected chi connectivity index (χ1v) is 13.2. The lowest BCUT2D eigenvalue weighted by Crippen LogP contribution is -2.52. The van der Waals surface area contributed by atoms with Crippen molar-refractivity contribution >= 4 is 33.2 Å². The Labute approximate surface area is 199 Å². The highest BCUT2D eigenvalue weighted by Crippen LogP contribution is 2.26. The number of rotatable bonds is 5. The van der Waals surface area contributed by atoms with E-state index in [2.05, 4.69) is 10.2 Å². The van der Waals surface area contributed by atoms with Crippen molar-refractivity contribution in [1.29, 1.82) is 0 Å². The van der Waals surface area contributed by atoms with Crippen LogP contribution in [0.25, 0.3) is 0 Å². The van der Waals surface area contributed by atoms with Crippen LogP contribution in [0, 0.1) is 12.7 Å². The molecule has 1 N–H and O–H groups in total. The minimum absolute atomic E-state index is 0.0814. The summed E-state index contributed by atoms with van der Waals surface area (Å²) in [6.07, 6.45) is 6.10. The van der Waals surface area contributed by atoms with E-state index in [4.69, 9.17) is 11.6 Å². The maximum absolute atomic E-state index is 14.5. The lowest BCUT2D eigenvalue weighted by molar-refractivity contribution is 0.102. The Morgan fingerprint density at radius 2 is 1.73 bits per heavy atom. The SMILES string of the molecule is Cc1ccc(NC(=O)c2cc(S(=O)(=O)N3CCN(C4CCCCC4)CC3)ccc2F)cc1Cl. The van der Waals surface area contributed by atoms with Gasteiger partial charge in [-0.1, -0.05) is 36.9 Å². The highest BCUT2D eigenvalue weighted by atomic mass is 35.5. The van der Waals surface area contributed by atoms with E-state index in [1.807, 2.05) is 6.92 Å². The van der Waals surface area contributed by atoms with Crippen LogP contribution in [0.3, 0.4) is 0 Å². The Hall–Kier alpha value is -2.00. The molecule has 1 saturated heterocycles. The highest BCUT2D eigenvalue weighted by molar-refractivity contribution is 7.89. The molecule has 1 heterocycles. The second-order valence-corrected chi connectivity index (χ2v) is 11.1. The zero-order valence-corrected chi connectivity index (χ0v) is 20.3. The number of anilines is 1. The van der Waals surface area contributed by atoms with Crippen molar-refractivity contribution in [2.75, 3.05) is 31.5 Å². The first-order valence-electron chi connectivity index (χ1n) is 11.4. The predicted octanol–water partition coefficient (Wildman–Crippen LogP) is 4.68. The molecule has 1 amide bonds. The van der Waals surface area contributed by atoms with Gasteiger partial charge in [0.05, 0.1) is 10.5 Å². The van der Waals surface area contributed by atoms with Crippen LogP contribution in [-0.4, -0.2) is 55.8 Å². The van der Waals surface area contributed by atoms with Gasteiger partial charge in [0.1, 0.15) is 5.82 Å². The van der Waals surface area contributed by atoms with Crippen LogP contribution in [0.2, 0.25) is 5.02 Å². The van der Waals surface area contributed by atoms with Gasteiger partial charge >= 0.3 is 0 Å². The van der Waals surface area contributed by atoms with Gasteiger partial charge < -0.3 is 5.32 Å². The van der Waals surface area contributed by atoms with E-state index in [1.54, 1.807) is 18.2 Å². The molecule has 1 aliphatic heterocycles. The quantitative estimate of drug-likeness (QED) is 0.656. The molecule has 0 atom stereocenters. The highest BCUT2D eigenvalue weighted by Gasteiger charge is 2.32. The molecule has 9 heteroatoms. The first-order chi connectivity index (χ1) is 15.8. The lowest BCUT2D eigenvalue weighted by atomic mass is 9.94. The Bertz CT molecular complexity index is 1130. The van der Waals surface area contributed by atoms with Crippen molar-refractivity contribution in [3.63, 3.8) is 0 Å². The van der Waals surface area contributed by atoms with E-state index in [0.29, 0.717) is 42.9 Å². The van der Waals surface area contributed by atoms with E-state index in [1.165, 1.54) is 42.5 Å². The molecule has 2 fully saturated rings. The minimum Gasteiger partial charge on any atom is -0.322 e. The second-order valence-electron chi connectivity index (χ2n) is 8.79.